The van der Waals surface area contributed by atoms with Gasteiger partial charge in [-0.25, -0.2) is 0 Å². The summed E-state index contributed by atoms with van der Waals surface area (Å²) in [5.74, 6) is 1.20. The van der Waals surface area contributed by atoms with Gasteiger partial charge in [-0.05, 0) is 42.5 Å². The van der Waals surface area contributed by atoms with Crippen LogP contribution < -0.4 is 14.8 Å². The van der Waals surface area contributed by atoms with Crippen molar-refractivity contribution < 1.29 is 19.1 Å². The van der Waals surface area contributed by atoms with Crippen molar-refractivity contribution >= 4 is 11.7 Å². The Morgan fingerprint density at radius 3 is 2.24 bits per heavy atom. The first-order valence-corrected chi connectivity index (χ1v) is 9.84. The molecule has 0 saturated carbocycles. The number of rotatable bonds is 4. The van der Waals surface area contributed by atoms with Crippen LogP contribution in [-0.4, -0.2) is 25.9 Å². The van der Waals surface area contributed by atoms with Crippen molar-refractivity contribution in [1.82, 2.24) is 5.32 Å². The number of nitrogens with one attached hydrogen (secondary N) is 1. The number of carbonyl (C=O) groups excluding carboxylic acids is 2. The van der Waals surface area contributed by atoms with E-state index in [1.54, 1.807) is 14.2 Å². The fraction of sp³-hybridized carbons (Fsp3) is 0.333. The average molecular weight is 391 g/mol. The standard InChI is InChI=1S/C24H25NO4/c1-14-4-6-15(7-5-14)18-13-23(27)25-19-10-17(11-20(26)24(18)19)16-8-9-21(28-2)22(12-16)29-3/h4-9,12,17-18H,10-11,13H2,1-3H3,(H,25,27)/t17-,18+/m1/s1. The van der Waals surface area contributed by atoms with Crippen molar-refractivity contribution in [2.24, 2.45) is 0 Å². The van der Waals surface area contributed by atoms with Crippen molar-refractivity contribution in [3.05, 3.63) is 70.4 Å². The molecule has 0 bridgehead atoms. The van der Waals surface area contributed by atoms with Gasteiger partial charge in [-0.15, -0.1) is 0 Å². The summed E-state index contributed by atoms with van der Waals surface area (Å²) in [6, 6.07) is 13.9. The summed E-state index contributed by atoms with van der Waals surface area (Å²) in [6.07, 6.45) is 1.37. The molecular formula is C24H25NO4. The number of ether oxygens (including phenoxy) is 2. The molecule has 0 unspecified atom stereocenters. The van der Waals surface area contributed by atoms with Crippen LogP contribution in [0.15, 0.2) is 53.7 Å². The van der Waals surface area contributed by atoms with Crippen LogP contribution in [0.5, 0.6) is 11.5 Å². The summed E-state index contributed by atoms with van der Waals surface area (Å²) in [5, 5.41) is 2.97. The largest absolute Gasteiger partial charge is 0.493 e. The highest BCUT2D eigenvalue weighted by Gasteiger charge is 2.38. The predicted octanol–water partition coefficient (Wildman–Crippen LogP) is 4.02. The maximum atomic E-state index is 13.2. The van der Waals surface area contributed by atoms with Crippen molar-refractivity contribution in [3.8, 4) is 11.5 Å². The van der Waals surface area contributed by atoms with E-state index in [9.17, 15) is 9.59 Å². The number of hydrogen-bond acceptors (Lipinski definition) is 4. The molecule has 1 aliphatic heterocycles. The quantitative estimate of drug-likeness (QED) is 0.855. The van der Waals surface area contributed by atoms with E-state index in [1.165, 1.54) is 0 Å². The lowest BCUT2D eigenvalue weighted by Gasteiger charge is -2.34. The third kappa shape index (κ3) is 3.65. The van der Waals surface area contributed by atoms with Gasteiger partial charge in [0.25, 0.3) is 0 Å². The highest BCUT2D eigenvalue weighted by Crippen LogP contribution is 2.43. The molecule has 0 fully saturated rings. The van der Waals surface area contributed by atoms with Crippen molar-refractivity contribution in [2.45, 2.75) is 38.0 Å². The van der Waals surface area contributed by atoms with Crippen LogP contribution in [0.4, 0.5) is 0 Å². The Balaban J connectivity index is 1.68. The van der Waals surface area contributed by atoms with E-state index in [0.717, 1.165) is 28.0 Å². The summed E-state index contributed by atoms with van der Waals surface area (Å²) < 4.78 is 10.7. The number of amides is 1. The SMILES string of the molecule is COc1ccc([C@H]2CC(=O)C3=C(C2)NC(=O)C[C@H]3c2ccc(C)cc2)cc1OC. The maximum Gasteiger partial charge on any atom is 0.225 e. The van der Waals surface area contributed by atoms with Gasteiger partial charge in [-0.1, -0.05) is 35.9 Å². The zero-order valence-corrected chi connectivity index (χ0v) is 17.0. The minimum Gasteiger partial charge on any atom is -0.493 e. The van der Waals surface area contributed by atoms with Crippen LogP contribution in [0.25, 0.3) is 0 Å². The Kier molecular flexibility index (Phi) is 5.14. The summed E-state index contributed by atoms with van der Waals surface area (Å²) in [6.45, 7) is 2.03. The first-order valence-electron chi connectivity index (χ1n) is 9.84. The number of hydrogen-bond donors (Lipinski definition) is 1. The molecule has 1 amide bonds. The molecule has 5 heteroatoms. The Morgan fingerprint density at radius 1 is 0.862 bits per heavy atom. The van der Waals surface area contributed by atoms with Crippen LogP contribution in [0.2, 0.25) is 0 Å². The summed E-state index contributed by atoms with van der Waals surface area (Å²) in [4.78, 5) is 25.6. The second-order valence-electron chi connectivity index (χ2n) is 7.75. The number of carbonyl (C=O) groups is 2. The normalized spacial score (nSPS) is 21.5. The molecule has 150 valence electrons. The summed E-state index contributed by atoms with van der Waals surface area (Å²) >= 11 is 0. The fourth-order valence-electron chi connectivity index (χ4n) is 4.39. The number of benzene rings is 2. The highest BCUT2D eigenvalue weighted by molar-refractivity contribution is 6.02. The van der Waals surface area contributed by atoms with Crippen LogP contribution >= 0.6 is 0 Å². The second-order valence-corrected chi connectivity index (χ2v) is 7.75. The van der Waals surface area contributed by atoms with Crippen LogP contribution in [0, 0.1) is 6.92 Å². The van der Waals surface area contributed by atoms with E-state index in [-0.39, 0.29) is 23.5 Å². The molecule has 0 aromatic heterocycles. The Hall–Kier alpha value is -3.08. The molecule has 0 saturated heterocycles. The van der Waals surface area contributed by atoms with Gasteiger partial charge < -0.3 is 14.8 Å². The minimum absolute atomic E-state index is 0.00174. The molecule has 2 atom stereocenters. The van der Waals surface area contributed by atoms with Gasteiger partial charge >= 0.3 is 0 Å². The fourth-order valence-corrected chi connectivity index (χ4v) is 4.39. The van der Waals surface area contributed by atoms with Gasteiger partial charge in [0.05, 0.1) is 14.2 Å². The predicted molar refractivity (Wildman–Crippen MR) is 110 cm³/mol. The summed E-state index contributed by atoms with van der Waals surface area (Å²) in [5.41, 5.74) is 4.73. The molecular weight excluding hydrogens is 366 g/mol. The van der Waals surface area contributed by atoms with Gasteiger partial charge in [0.2, 0.25) is 5.91 Å². The van der Waals surface area contributed by atoms with Gasteiger partial charge in [0.1, 0.15) is 0 Å². The molecule has 2 aromatic carbocycles. The highest BCUT2D eigenvalue weighted by atomic mass is 16.5. The molecule has 1 aliphatic carbocycles. The monoisotopic (exact) mass is 391 g/mol. The van der Waals surface area contributed by atoms with Crippen molar-refractivity contribution in [2.75, 3.05) is 14.2 Å². The second kappa shape index (κ2) is 7.74. The average Bonchev–Trinajstić information content (AvgIpc) is 2.72. The van der Waals surface area contributed by atoms with Crippen molar-refractivity contribution in [1.29, 1.82) is 0 Å². The van der Waals surface area contributed by atoms with Gasteiger partial charge in [0.15, 0.2) is 17.3 Å². The molecule has 1 heterocycles. The van der Waals surface area contributed by atoms with E-state index in [4.69, 9.17) is 9.47 Å². The smallest absolute Gasteiger partial charge is 0.225 e. The Labute approximate surface area is 170 Å². The van der Waals surface area contributed by atoms with E-state index in [1.807, 2.05) is 49.4 Å². The first-order chi connectivity index (χ1) is 14.0. The lowest BCUT2D eigenvalue weighted by molar-refractivity contribution is -0.122. The van der Waals surface area contributed by atoms with E-state index in [0.29, 0.717) is 30.8 Å². The lowest BCUT2D eigenvalue weighted by atomic mass is 9.73. The lowest BCUT2D eigenvalue weighted by Crippen LogP contribution is -2.38. The molecule has 0 spiro atoms. The molecule has 0 radical (unpaired) electrons. The molecule has 5 nitrogen and oxygen atoms in total. The van der Waals surface area contributed by atoms with E-state index >= 15 is 0 Å². The topological polar surface area (TPSA) is 64.6 Å². The molecule has 4 rings (SSSR count). The molecule has 2 aliphatic rings. The van der Waals surface area contributed by atoms with Gasteiger partial charge in [0, 0.05) is 30.0 Å². The van der Waals surface area contributed by atoms with E-state index < -0.39 is 0 Å². The Morgan fingerprint density at radius 2 is 1.55 bits per heavy atom. The minimum atomic E-state index is -0.168. The van der Waals surface area contributed by atoms with Crippen LogP contribution in [0.3, 0.4) is 0 Å². The number of methoxy groups -OCH3 is 2. The first kappa shape index (κ1) is 19.2. The number of ketones is 1. The van der Waals surface area contributed by atoms with E-state index in [2.05, 4.69) is 5.32 Å². The van der Waals surface area contributed by atoms with Crippen LogP contribution in [-0.2, 0) is 9.59 Å². The van der Waals surface area contributed by atoms with Crippen LogP contribution in [0.1, 0.15) is 47.8 Å². The Bertz CT molecular complexity index is 990. The molecule has 2 aromatic rings. The third-order valence-corrected chi connectivity index (χ3v) is 5.89. The number of aryl methyl sites for hydroxylation is 1. The maximum absolute atomic E-state index is 13.2. The van der Waals surface area contributed by atoms with Gasteiger partial charge in [-0.3, -0.25) is 9.59 Å². The zero-order valence-electron chi connectivity index (χ0n) is 17.0. The number of Topliss-reactive ketones (excluding diaryl/α,β-unsaturated/α-hetero) is 1. The third-order valence-electron chi connectivity index (χ3n) is 5.89. The summed E-state index contributed by atoms with van der Waals surface area (Å²) in [7, 11) is 3.20. The van der Waals surface area contributed by atoms with Crippen molar-refractivity contribution in [3.63, 3.8) is 0 Å². The number of allylic oxidation sites excluding steroid dienone is 2. The molecule has 29 heavy (non-hydrogen) atoms. The zero-order chi connectivity index (χ0) is 20.5. The van der Waals surface area contributed by atoms with Gasteiger partial charge in [-0.2, -0.15) is 0 Å². The molecule has 1 N–H and O–H groups in total.